The maximum atomic E-state index is 4.16. The van der Waals surface area contributed by atoms with Crippen molar-refractivity contribution >= 4 is 5.69 Å². The molecule has 0 atom stereocenters. The first-order valence-electron chi connectivity index (χ1n) is 7.75. The molecule has 106 valence electrons. The van der Waals surface area contributed by atoms with E-state index in [0.717, 1.165) is 12.3 Å². The zero-order valence-corrected chi connectivity index (χ0v) is 12.8. The van der Waals surface area contributed by atoms with Gasteiger partial charge in [0.1, 0.15) is 0 Å². The SMILES string of the molecule is C=C(CC1CCCCC1)Nc1cccc(C)c1.CC. The summed E-state index contributed by atoms with van der Waals surface area (Å²) in [5, 5.41) is 3.44. The molecule has 1 heteroatoms. The second-order valence-electron chi connectivity index (χ2n) is 5.31. The molecule has 0 aromatic heterocycles. The van der Waals surface area contributed by atoms with Crippen LogP contribution < -0.4 is 5.32 Å². The van der Waals surface area contributed by atoms with Crippen molar-refractivity contribution in [3.8, 4) is 0 Å². The monoisotopic (exact) mass is 259 g/mol. The zero-order valence-electron chi connectivity index (χ0n) is 12.8. The van der Waals surface area contributed by atoms with Crippen LogP contribution in [0.5, 0.6) is 0 Å². The Balaban J connectivity index is 0.000000861. The van der Waals surface area contributed by atoms with E-state index in [2.05, 4.69) is 43.1 Å². The minimum atomic E-state index is 0.855. The van der Waals surface area contributed by atoms with E-state index in [9.17, 15) is 0 Å². The number of rotatable bonds is 4. The van der Waals surface area contributed by atoms with Gasteiger partial charge >= 0.3 is 0 Å². The number of nitrogens with one attached hydrogen (secondary N) is 1. The third kappa shape index (κ3) is 5.96. The van der Waals surface area contributed by atoms with Crippen LogP contribution in [-0.4, -0.2) is 0 Å². The van der Waals surface area contributed by atoms with Gasteiger partial charge in [-0.15, -0.1) is 0 Å². The van der Waals surface area contributed by atoms with Gasteiger partial charge in [0.05, 0.1) is 0 Å². The molecule has 1 fully saturated rings. The summed E-state index contributed by atoms with van der Waals surface area (Å²) in [6, 6.07) is 8.49. The van der Waals surface area contributed by atoms with Gasteiger partial charge in [0.2, 0.25) is 0 Å². The number of aryl methyl sites for hydroxylation is 1. The number of allylic oxidation sites excluding steroid dienone is 1. The summed E-state index contributed by atoms with van der Waals surface area (Å²) in [6.07, 6.45) is 8.13. The predicted octanol–water partition coefficient (Wildman–Crippen LogP) is 5.92. The Hall–Kier alpha value is -1.24. The average molecular weight is 259 g/mol. The second kappa shape index (κ2) is 8.79. The predicted molar refractivity (Wildman–Crippen MR) is 86.5 cm³/mol. The van der Waals surface area contributed by atoms with E-state index in [1.54, 1.807) is 0 Å². The van der Waals surface area contributed by atoms with Gasteiger partial charge in [-0.2, -0.15) is 0 Å². The van der Waals surface area contributed by atoms with E-state index < -0.39 is 0 Å². The summed E-state index contributed by atoms with van der Waals surface area (Å²) in [6.45, 7) is 10.3. The molecule has 1 aromatic carbocycles. The molecule has 2 rings (SSSR count). The van der Waals surface area contributed by atoms with Crippen LogP contribution in [0.2, 0.25) is 0 Å². The van der Waals surface area contributed by atoms with E-state index in [0.29, 0.717) is 0 Å². The van der Waals surface area contributed by atoms with Crippen LogP contribution in [0.4, 0.5) is 5.69 Å². The first-order chi connectivity index (χ1) is 9.24. The molecule has 0 heterocycles. The van der Waals surface area contributed by atoms with Gasteiger partial charge in [-0.05, 0) is 37.0 Å². The third-order valence-electron chi connectivity index (χ3n) is 3.60. The van der Waals surface area contributed by atoms with Crippen LogP contribution in [-0.2, 0) is 0 Å². The molecular formula is C18H29N. The highest BCUT2D eigenvalue weighted by Crippen LogP contribution is 2.28. The highest BCUT2D eigenvalue weighted by Gasteiger charge is 2.14. The molecule has 0 bridgehead atoms. The molecule has 1 aliphatic carbocycles. The highest BCUT2D eigenvalue weighted by atomic mass is 14.9. The van der Waals surface area contributed by atoms with E-state index in [4.69, 9.17) is 0 Å². The summed E-state index contributed by atoms with van der Waals surface area (Å²) in [5.41, 5.74) is 3.63. The lowest BCUT2D eigenvalue weighted by atomic mass is 9.86. The largest absolute Gasteiger partial charge is 0.359 e. The fraction of sp³-hybridized carbons (Fsp3) is 0.556. The van der Waals surface area contributed by atoms with Gasteiger partial charge < -0.3 is 5.32 Å². The van der Waals surface area contributed by atoms with E-state index in [1.807, 2.05) is 13.8 Å². The topological polar surface area (TPSA) is 12.0 Å². The molecule has 0 radical (unpaired) electrons. The molecule has 0 saturated heterocycles. The molecule has 0 aliphatic heterocycles. The number of hydrogen-bond donors (Lipinski definition) is 1. The maximum Gasteiger partial charge on any atom is 0.0384 e. The molecular weight excluding hydrogens is 230 g/mol. The van der Waals surface area contributed by atoms with Crippen LogP contribution in [0.15, 0.2) is 36.5 Å². The van der Waals surface area contributed by atoms with Crippen molar-refractivity contribution in [1.29, 1.82) is 0 Å². The standard InChI is InChI=1S/C16H23N.C2H6/c1-13-7-6-10-16(11-13)17-14(2)12-15-8-4-3-5-9-15;1-2/h6-7,10-11,15,17H,2-5,8-9,12H2,1H3;1-2H3. The van der Waals surface area contributed by atoms with Crippen LogP contribution in [0.1, 0.15) is 57.9 Å². The molecule has 1 saturated carbocycles. The Bertz CT molecular complexity index is 375. The lowest BCUT2D eigenvalue weighted by molar-refractivity contribution is 0.357. The molecule has 0 amide bonds. The van der Waals surface area contributed by atoms with Crippen molar-refractivity contribution in [2.75, 3.05) is 5.32 Å². The van der Waals surface area contributed by atoms with Gasteiger partial charge in [-0.1, -0.05) is 64.7 Å². The van der Waals surface area contributed by atoms with E-state index in [1.165, 1.54) is 49.1 Å². The van der Waals surface area contributed by atoms with Crippen molar-refractivity contribution in [3.05, 3.63) is 42.1 Å². The van der Waals surface area contributed by atoms with Crippen LogP contribution >= 0.6 is 0 Å². The molecule has 19 heavy (non-hydrogen) atoms. The summed E-state index contributed by atoms with van der Waals surface area (Å²) in [4.78, 5) is 0. The second-order valence-corrected chi connectivity index (χ2v) is 5.31. The summed E-state index contributed by atoms with van der Waals surface area (Å²) < 4.78 is 0. The van der Waals surface area contributed by atoms with E-state index >= 15 is 0 Å². The van der Waals surface area contributed by atoms with Gasteiger partial charge in [0.15, 0.2) is 0 Å². The summed E-state index contributed by atoms with van der Waals surface area (Å²) in [7, 11) is 0. The normalized spacial score (nSPS) is 15.3. The van der Waals surface area contributed by atoms with Crippen molar-refractivity contribution in [2.24, 2.45) is 5.92 Å². The van der Waals surface area contributed by atoms with E-state index in [-0.39, 0.29) is 0 Å². The first-order valence-corrected chi connectivity index (χ1v) is 7.75. The zero-order chi connectivity index (χ0) is 14.1. The molecule has 0 unspecified atom stereocenters. The van der Waals surface area contributed by atoms with Crippen molar-refractivity contribution in [1.82, 2.24) is 0 Å². The van der Waals surface area contributed by atoms with Crippen molar-refractivity contribution < 1.29 is 0 Å². The lowest BCUT2D eigenvalue weighted by Gasteiger charge is -2.23. The van der Waals surface area contributed by atoms with Gasteiger partial charge in [-0.3, -0.25) is 0 Å². The minimum Gasteiger partial charge on any atom is -0.359 e. The number of benzene rings is 1. The fourth-order valence-corrected chi connectivity index (χ4v) is 2.72. The first kappa shape index (κ1) is 15.8. The average Bonchev–Trinajstić information content (AvgIpc) is 2.42. The van der Waals surface area contributed by atoms with Crippen LogP contribution in [0.3, 0.4) is 0 Å². The highest BCUT2D eigenvalue weighted by molar-refractivity contribution is 5.49. The summed E-state index contributed by atoms with van der Waals surface area (Å²) in [5.74, 6) is 0.855. The molecule has 0 spiro atoms. The van der Waals surface area contributed by atoms with Crippen molar-refractivity contribution in [3.63, 3.8) is 0 Å². The molecule has 1 nitrogen and oxygen atoms in total. The number of hydrogen-bond acceptors (Lipinski definition) is 1. The van der Waals surface area contributed by atoms with Gasteiger partial charge in [0, 0.05) is 11.4 Å². The molecule has 1 N–H and O–H groups in total. The Morgan fingerprint density at radius 1 is 1.21 bits per heavy atom. The molecule has 1 aliphatic rings. The molecule has 1 aromatic rings. The fourth-order valence-electron chi connectivity index (χ4n) is 2.72. The van der Waals surface area contributed by atoms with Crippen molar-refractivity contribution in [2.45, 2.75) is 59.3 Å². The Kier molecular flexibility index (Phi) is 7.32. The Morgan fingerprint density at radius 2 is 1.89 bits per heavy atom. The third-order valence-corrected chi connectivity index (χ3v) is 3.60. The summed E-state index contributed by atoms with van der Waals surface area (Å²) >= 11 is 0. The number of anilines is 1. The lowest BCUT2D eigenvalue weighted by Crippen LogP contribution is -2.10. The minimum absolute atomic E-state index is 0.855. The Morgan fingerprint density at radius 3 is 2.53 bits per heavy atom. The Labute approximate surface area is 119 Å². The van der Waals surface area contributed by atoms with Gasteiger partial charge in [0.25, 0.3) is 0 Å². The van der Waals surface area contributed by atoms with Crippen LogP contribution in [0, 0.1) is 12.8 Å². The van der Waals surface area contributed by atoms with Crippen LogP contribution in [0.25, 0.3) is 0 Å². The maximum absolute atomic E-state index is 4.16. The van der Waals surface area contributed by atoms with Gasteiger partial charge in [-0.25, -0.2) is 0 Å². The smallest absolute Gasteiger partial charge is 0.0384 e. The quantitative estimate of drug-likeness (QED) is 0.708.